The maximum absolute atomic E-state index is 15.7. The highest BCUT2D eigenvalue weighted by molar-refractivity contribution is 9.10. The molecule has 39 heavy (non-hydrogen) atoms. The molecule has 2 aromatic heterocycles. The van der Waals surface area contributed by atoms with E-state index >= 15 is 26.3 Å². The molecule has 1 aliphatic rings. The zero-order valence-corrected chi connectivity index (χ0v) is 23.4. The monoisotopic (exact) mass is 664 g/mol. The highest BCUT2D eigenvalue weighted by atomic mass is 79.9. The first-order chi connectivity index (χ1) is 18.3. The predicted molar refractivity (Wildman–Crippen MR) is 146 cm³/mol. The Kier molecular flexibility index (Phi) is 5.73. The van der Waals surface area contributed by atoms with Crippen molar-refractivity contribution in [2.75, 3.05) is 0 Å². The van der Waals surface area contributed by atoms with E-state index in [1.807, 2.05) is 13.8 Å². The molecular weight excluding hydrogens is 650 g/mol. The van der Waals surface area contributed by atoms with Gasteiger partial charge in [0.15, 0.2) is 0 Å². The molecule has 0 radical (unpaired) electrons. The van der Waals surface area contributed by atoms with E-state index in [0.29, 0.717) is 11.1 Å². The topological polar surface area (TPSA) is 25.8 Å². The maximum Gasteiger partial charge on any atom is 0.380 e. The van der Waals surface area contributed by atoms with Crippen LogP contribution in [0.5, 0.6) is 0 Å². The average Bonchev–Trinajstić information content (AvgIpc) is 2.98. The molecule has 0 bridgehead atoms. The lowest BCUT2D eigenvalue weighted by Crippen LogP contribution is -2.43. The fourth-order valence-corrected chi connectivity index (χ4v) is 6.00. The predicted octanol–water partition coefficient (Wildman–Crippen LogP) is 10.1. The second-order valence-corrected chi connectivity index (χ2v) is 11.3. The molecule has 10 heteroatoms. The Hall–Kier alpha value is -2.98. The van der Waals surface area contributed by atoms with Crippen LogP contribution in [-0.2, 0) is 11.8 Å². The maximum atomic E-state index is 15.7. The van der Waals surface area contributed by atoms with Crippen molar-refractivity contribution in [3.05, 3.63) is 92.1 Å². The molecule has 198 valence electrons. The Balaban J connectivity index is 1.92. The molecule has 2 heterocycles. The van der Waals surface area contributed by atoms with Gasteiger partial charge in [-0.15, -0.1) is 0 Å². The third-order valence-corrected chi connectivity index (χ3v) is 7.90. The molecule has 0 spiro atoms. The van der Waals surface area contributed by atoms with E-state index < -0.39 is 39.7 Å². The van der Waals surface area contributed by atoms with E-state index in [0.717, 1.165) is 11.1 Å². The molecule has 0 unspecified atom stereocenters. The molecular formula is C29H16Br2F6N2. The van der Waals surface area contributed by atoms with Crippen molar-refractivity contribution in [1.29, 1.82) is 0 Å². The van der Waals surface area contributed by atoms with Crippen LogP contribution >= 0.6 is 31.9 Å². The van der Waals surface area contributed by atoms with Crippen LogP contribution in [0.25, 0.3) is 44.1 Å². The minimum atomic E-state index is -5.70. The molecule has 0 aliphatic heterocycles. The van der Waals surface area contributed by atoms with Crippen molar-refractivity contribution in [2.45, 2.75) is 31.6 Å². The molecule has 0 atom stereocenters. The Morgan fingerprint density at radius 1 is 0.564 bits per heavy atom. The standard InChI is InChI=1S/C29H16Br2F6N2/c1-13-3-7-15(8-4-13)25-21-17(11-19(30)38-25)18-12-20(31)39-26(16-9-5-14(2)6-10-16)22(18)24-23(21)27(32,33)29(36,37)28(24,34)35/h3-12H,1-2H3. The van der Waals surface area contributed by atoms with Crippen LogP contribution in [0.3, 0.4) is 0 Å². The first-order valence-corrected chi connectivity index (χ1v) is 13.3. The number of benzene rings is 3. The van der Waals surface area contributed by atoms with Crippen molar-refractivity contribution < 1.29 is 26.3 Å². The lowest BCUT2D eigenvalue weighted by Gasteiger charge is -2.24. The fourth-order valence-electron chi connectivity index (χ4n) is 5.19. The van der Waals surface area contributed by atoms with Crippen molar-refractivity contribution in [3.8, 4) is 22.5 Å². The molecule has 3 aromatic carbocycles. The number of alkyl halides is 6. The van der Waals surface area contributed by atoms with Gasteiger partial charge in [0.2, 0.25) is 0 Å². The number of aromatic nitrogens is 2. The van der Waals surface area contributed by atoms with Crippen LogP contribution in [0.15, 0.2) is 69.9 Å². The van der Waals surface area contributed by atoms with Crippen molar-refractivity contribution in [2.24, 2.45) is 0 Å². The number of nitrogens with zero attached hydrogens (tertiary/aromatic N) is 2. The normalized spacial score (nSPS) is 17.1. The largest absolute Gasteiger partial charge is 0.380 e. The summed E-state index contributed by atoms with van der Waals surface area (Å²) in [6, 6.07) is 15.9. The van der Waals surface area contributed by atoms with Gasteiger partial charge in [0.05, 0.1) is 11.4 Å². The van der Waals surface area contributed by atoms with Gasteiger partial charge in [0.25, 0.3) is 0 Å². The molecule has 0 saturated heterocycles. The minimum absolute atomic E-state index is 0.0610. The number of fused-ring (bicyclic) bond motifs is 6. The van der Waals surface area contributed by atoms with E-state index in [-0.39, 0.29) is 31.4 Å². The smallest absolute Gasteiger partial charge is 0.240 e. The Bertz CT molecular complexity index is 1690. The number of aryl methyl sites for hydroxylation is 2. The fraction of sp³-hybridized carbons (Fsp3) is 0.172. The van der Waals surface area contributed by atoms with Gasteiger partial charge in [-0.05, 0) is 68.6 Å². The summed E-state index contributed by atoms with van der Waals surface area (Å²) < 4.78 is 93.5. The number of halogens is 8. The van der Waals surface area contributed by atoms with Gasteiger partial charge in [0.1, 0.15) is 9.21 Å². The van der Waals surface area contributed by atoms with Gasteiger partial charge in [-0.25, -0.2) is 9.97 Å². The van der Waals surface area contributed by atoms with Gasteiger partial charge >= 0.3 is 17.8 Å². The van der Waals surface area contributed by atoms with Crippen molar-refractivity contribution in [1.82, 2.24) is 9.97 Å². The third-order valence-electron chi connectivity index (χ3n) is 7.08. The Morgan fingerprint density at radius 3 is 1.23 bits per heavy atom. The third kappa shape index (κ3) is 3.60. The zero-order valence-electron chi connectivity index (χ0n) is 20.2. The zero-order chi connectivity index (χ0) is 28.1. The molecule has 2 nitrogen and oxygen atoms in total. The summed E-state index contributed by atoms with van der Waals surface area (Å²) in [6.07, 6.45) is 0. The molecule has 6 rings (SSSR count). The summed E-state index contributed by atoms with van der Waals surface area (Å²) >= 11 is 6.60. The molecule has 0 saturated carbocycles. The highest BCUT2D eigenvalue weighted by Crippen LogP contribution is 2.67. The SMILES string of the molecule is Cc1ccc(-c2nc(Br)cc3c2c2c(c4c(-c5ccc(C)cc5)nc(Br)cc43)C(F)(F)C(F)(F)C2(F)F)cc1. The molecule has 0 N–H and O–H groups in total. The van der Waals surface area contributed by atoms with Crippen LogP contribution in [0.4, 0.5) is 26.3 Å². The Morgan fingerprint density at radius 2 is 0.897 bits per heavy atom. The van der Waals surface area contributed by atoms with Crippen LogP contribution < -0.4 is 0 Å². The Labute approximate surface area is 235 Å². The summed E-state index contributed by atoms with van der Waals surface area (Å²) in [7, 11) is 0. The number of pyridine rings is 2. The summed E-state index contributed by atoms with van der Waals surface area (Å²) in [5, 5.41) is -0.796. The summed E-state index contributed by atoms with van der Waals surface area (Å²) in [6.45, 7) is 3.63. The number of hydrogen-bond donors (Lipinski definition) is 0. The van der Waals surface area contributed by atoms with Gasteiger partial charge in [-0.1, -0.05) is 59.7 Å². The highest BCUT2D eigenvalue weighted by Gasteiger charge is 2.80. The van der Waals surface area contributed by atoms with Gasteiger partial charge in [-0.2, -0.15) is 26.3 Å². The van der Waals surface area contributed by atoms with Crippen LogP contribution in [0, 0.1) is 13.8 Å². The molecule has 0 amide bonds. The van der Waals surface area contributed by atoms with E-state index in [1.54, 1.807) is 48.5 Å². The van der Waals surface area contributed by atoms with Gasteiger partial charge in [-0.3, -0.25) is 0 Å². The van der Waals surface area contributed by atoms with E-state index in [9.17, 15) is 0 Å². The van der Waals surface area contributed by atoms with Gasteiger partial charge < -0.3 is 0 Å². The lowest BCUT2D eigenvalue weighted by molar-refractivity contribution is -0.301. The number of hydrogen-bond acceptors (Lipinski definition) is 2. The van der Waals surface area contributed by atoms with Crippen molar-refractivity contribution >= 4 is 53.4 Å². The van der Waals surface area contributed by atoms with Crippen LogP contribution in [-0.4, -0.2) is 15.9 Å². The molecule has 1 aliphatic carbocycles. The van der Waals surface area contributed by atoms with E-state index in [2.05, 4.69) is 41.8 Å². The first kappa shape index (κ1) is 26.3. The quantitative estimate of drug-likeness (QED) is 0.107. The summed E-state index contributed by atoms with van der Waals surface area (Å²) in [4.78, 5) is 8.65. The van der Waals surface area contributed by atoms with Gasteiger partial charge in [0, 0.05) is 33.0 Å². The summed E-state index contributed by atoms with van der Waals surface area (Å²) in [5.41, 5.74) is -0.763. The minimum Gasteiger partial charge on any atom is -0.240 e. The van der Waals surface area contributed by atoms with Crippen LogP contribution in [0.2, 0.25) is 0 Å². The summed E-state index contributed by atoms with van der Waals surface area (Å²) in [5.74, 6) is -16.1. The van der Waals surface area contributed by atoms with E-state index in [1.165, 1.54) is 12.1 Å². The molecule has 5 aromatic rings. The number of rotatable bonds is 2. The second kappa shape index (κ2) is 8.51. The first-order valence-electron chi connectivity index (χ1n) is 11.7. The molecule has 0 fully saturated rings. The average molecular weight is 666 g/mol. The van der Waals surface area contributed by atoms with Crippen LogP contribution in [0.1, 0.15) is 22.3 Å². The van der Waals surface area contributed by atoms with E-state index in [4.69, 9.17) is 0 Å². The second-order valence-electron chi connectivity index (χ2n) is 9.64. The lowest BCUT2D eigenvalue weighted by atomic mass is 9.88. The van der Waals surface area contributed by atoms with Crippen molar-refractivity contribution in [3.63, 3.8) is 0 Å².